The van der Waals surface area contributed by atoms with Crippen molar-refractivity contribution < 1.29 is 59.2 Å². The molecule has 20 nitrogen and oxygen atoms in total. The van der Waals surface area contributed by atoms with E-state index in [4.69, 9.17) is 47.7 Å². The number of hydrogen-bond acceptors (Lipinski definition) is 17. The highest BCUT2D eigenvalue weighted by molar-refractivity contribution is 6.29. The molecule has 398 valence electrons. The standard InChI is InChI=1S/C53H67ClN8O12/c54-42-26-60-43(44(61-42)51(57)70)49(55)59-23-10-9-12-31-19-20-32(36-18-8-7-17-35(31)36)21-22-37(50(56)69)58-24-11-25-62(27-38(63)45(67)47-40(65)29-71-52(73-47)33-13-3-1-4-14-33)28-39(64)46(68)48-41(66)30-72-53(74-48)34-15-5-2-6-16-34/h1-8,13-20,26,37-41,45-48,52-53,58,63-68H,9-12,21-25,27-30H2,(H2,55,59)(H2,56,69)(H2,57,70)/t37-,38-,39-,40+,41+,45+,46+,47+,48+,52?,53?/m0/s1. The molecule has 2 aliphatic heterocycles. The normalized spacial score (nSPS) is 22.5. The lowest BCUT2D eigenvalue weighted by molar-refractivity contribution is -0.285. The van der Waals surface area contributed by atoms with E-state index in [0.29, 0.717) is 43.4 Å². The molecule has 3 heterocycles. The smallest absolute Gasteiger partial charge is 0.269 e. The molecule has 2 amide bonds. The van der Waals surface area contributed by atoms with Crippen LogP contribution < -0.4 is 22.5 Å². The van der Waals surface area contributed by atoms with Gasteiger partial charge in [0.2, 0.25) is 5.91 Å². The largest absolute Gasteiger partial charge is 0.389 e. The van der Waals surface area contributed by atoms with Gasteiger partial charge in [-0.2, -0.15) is 0 Å². The SMILES string of the molecule is NC(=O)c1nc(Cl)cnc1C(N)=NCCCCc1ccc(CC[C@H](NCCCN(C[C@H](O)[C@@H](O)[C@@H]2OC(c3ccccc3)OC[C@H]2O)C[C@H](O)[C@@H](O)[C@@H]2OC(c3ccccc3)OC[C@H]2O)C(N)=O)c2ccccc12. The molecule has 0 aliphatic carbocycles. The molecule has 0 bridgehead atoms. The van der Waals surface area contributed by atoms with Crippen LogP contribution in [0.1, 0.15) is 76.7 Å². The topological polar surface area (TPSA) is 324 Å². The minimum absolute atomic E-state index is 0.0155. The van der Waals surface area contributed by atoms with Gasteiger partial charge in [-0.25, -0.2) is 9.97 Å². The molecule has 1 aromatic heterocycles. The maximum atomic E-state index is 12.8. The van der Waals surface area contributed by atoms with Gasteiger partial charge in [0.05, 0.1) is 37.7 Å². The number of nitrogens with two attached hydrogens (primary N) is 3. The van der Waals surface area contributed by atoms with Crippen LogP contribution in [0.2, 0.25) is 5.15 Å². The number of halogens is 1. The molecule has 0 saturated carbocycles. The number of unbranched alkanes of at least 4 members (excludes halogenated alkanes) is 1. The third kappa shape index (κ3) is 15.1. The number of primary amides is 2. The summed E-state index contributed by atoms with van der Waals surface area (Å²) in [5.41, 5.74) is 20.9. The predicted octanol–water partition coefficient (Wildman–Crippen LogP) is 1.57. The van der Waals surface area contributed by atoms with Crippen LogP contribution >= 0.6 is 11.6 Å². The van der Waals surface area contributed by atoms with Crippen LogP contribution in [-0.2, 0) is 36.6 Å². The Bertz CT molecular complexity index is 2550. The Labute approximate surface area is 434 Å². The fourth-order valence-electron chi connectivity index (χ4n) is 9.25. The first-order valence-corrected chi connectivity index (χ1v) is 25.2. The van der Waals surface area contributed by atoms with Crippen molar-refractivity contribution in [2.45, 2.75) is 106 Å². The molecular formula is C53H67ClN8O12. The van der Waals surface area contributed by atoms with Gasteiger partial charge in [-0.05, 0) is 73.5 Å². The lowest BCUT2D eigenvalue weighted by Crippen LogP contribution is -2.56. The molecule has 74 heavy (non-hydrogen) atoms. The number of carbonyl (C=O) groups excluding carboxylic acids is 2. The zero-order valence-corrected chi connectivity index (χ0v) is 41.6. The number of nitrogens with one attached hydrogen (secondary N) is 1. The molecule has 2 aliphatic rings. The van der Waals surface area contributed by atoms with Crippen molar-refractivity contribution in [2.24, 2.45) is 22.2 Å². The van der Waals surface area contributed by atoms with E-state index in [9.17, 15) is 40.2 Å². The van der Waals surface area contributed by atoms with Gasteiger partial charge in [0.15, 0.2) is 18.3 Å². The number of amides is 2. The quantitative estimate of drug-likeness (QED) is 0.0214. The first-order valence-electron chi connectivity index (χ1n) is 24.8. The number of benzene rings is 4. The molecule has 7 rings (SSSR count). The van der Waals surface area contributed by atoms with Crippen molar-refractivity contribution in [3.05, 3.63) is 142 Å². The van der Waals surface area contributed by atoms with Crippen LogP contribution in [0.4, 0.5) is 0 Å². The summed E-state index contributed by atoms with van der Waals surface area (Å²) >= 11 is 5.87. The summed E-state index contributed by atoms with van der Waals surface area (Å²) < 4.78 is 23.3. The van der Waals surface area contributed by atoms with Gasteiger partial charge < -0.3 is 72.1 Å². The number of aliphatic imine (C=N–C) groups is 1. The fraction of sp³-hybridized carbons (Fsp3) is 0.453. The van der Waals surface area contributed by atoms with Crippen LogP contribution in [0.25, 0.3) is 10.8 Å². The van der Waals surface area contributed by atoms with Crippen molar-refractivity contribution in [1.29, 1.82) is 0 Å². The summed E-state index contributed by atoms with van der Waals surface area (Å²) in [4.78, 5) is 38.7. The maximum absolute atomic E-state index is 12.8. The number of amidine groups is 1. The Morgan fingerprint density at radius 2 is 1.24 bits per heavy atom. The van der Waals surface area contributed by atoms with Crippen molar-refractivity contribution in [2.75, 3.05) is 45.9 Å². The first kappa shape index (κ1) is 56.2. The Morgan fingerprint density at radius 3 is 1.77 bits per heavy atom. The number of aryl methyl sites for hydroxylation is 2. The van der Waals surface area contributed by atoms with Gasteiger partial charge in [-0.1, -0.05) is 109 Å². The molecule has 2 unspecified atom stereocenters. The molecule has 0 radical (unpaired) electrons. The second kappa shape index (κ2) is 27.3. The van der Waals surface area contributed by atoms with Gasteiger partial charge in [0.1, 0.15) is 53.3 Å². The van der Waals surface area contributed by atoms with Crippen molar-refractivity contribution in [3.63, 3.8) is 0 Å². The Morgan fingerprint density at radius 1 is 0.716 bits per heavy atom. The van der Waals surface area contributed by atoms with Gasteiger partial charge in [-0.3, -0.25) is 19.5 Å². The van der Waals surface area contributed by atoms with Gasteiger partial charge in [0.25, 0.3) is 5.91 Å². The van der Waals surface area contributed by atoms with Crippen molar-refractivity contribution in [3.8, 4) is 0 Å². The van der Waals surface area contributed by atoms with E-state index in [1.807, 2.05) is 30.3 Å². The molecule has 13 N–H and O–H groups in total. The number of nitrogens with zero attached hydrogens (tertiary/aromatic N) is 4. The van der Waals surface area contributed by atoms with E-state index in [1.165, 1.54) is 6.20 Å². The van der Waals surface area contributed by atoms with Crippen LogP contribution in [0, 0.1) is 0 Å². The lowest BCUT2D eigenvalue weighted by Gasteiger charge is -2.40. The number of ether oxygens (including phenoxy) is 4. The van der Waals surface area contributed by atoms with Crippen LogP contribution in [0.3, 0.4) is 0 Å². The second-order valence-electron chi connectivity index (χ2n) is 18.6. The highest BCUT2D eigenvalue weighted by Crippen LogP contribution is 2.31. The number of fused-ring (bicyclic) bond motifs is 1. The molecule has 4 aromatic carbocycles. The first-order chi connectivity index (χ1) is 35.7. The summed E-state index contributed by atoms with van der Waals surface area (Å²) in [5.74, 6) is -1.30. The van der Waals surface area contributed by atoms with Crippen LogP contribution in [0.5, 0.6) is 0 Å². The summed E-state index contributed by atoms with van der Waals surface area (Å²) in [7, 11) is 0. The highest BCUT2D eigenvalue weighted by atomic mass is 35.5. The molecule has 2 fully saturated rings. The van der Waals surface area contributed by atoms with Gasteiger partial charge >= 0.3 is 0 Å². The average Bonchev–Trinajstić information content (AvgIpc) is 3.41. The Balaban J connectivity index is 0.957. The monoisotopic (exact) mass is 1040 g/mol. The summed E-state index contributed by atoms with van der Waals surface area (Å²) in [5, 5.41) is 72.9. The van der Waals surface area contributed by atoms with E-state index in [1.54, 1.807) is 53.4 Å². The molecule has 5 aromatic rings. The number of aromatic nitrogens is 2. The number of aliphatic hydroxyl groups is 6. The average molecular weight is 1040 g/mol. The second-order valence-corrected chi connectivity index (χ2v) is 19.0. The number of aliphatic hydroxyl groups excluding tert-OH is 6. The minimum atomic E-state index is -1.60. The van der Waals surface area contributed by atoms with E-state index in [2.05, 4.69) is 38.5 Å². The number of carbonyl (C=O) groups is 2. The molecular weight excluding hydrogens is 976 g/mol. The zero-order valence-electron chi connectivity index (χ0n) is 40.9. The zero-order chi connectivity index (χ0) is 52.7. The van der Waals surface area contributed by atoms with Crippen molar-refractivity contribution in [1.82, 2.24) is 20.2 Å². The lowest BCUT2D eigenvalue weighted by atomic mass is 9.93. The summed E-state index contributed by atoms with van der Waals surface area (Å²) in [6, 6.07) is 29.5. The summed E-state index contributed by atoms with van der Waals surface area (Å²) in [6.45, 7) is 0.0892. The van der Waals surface area contributed by atoms with E-state index in [-0.39, 0.29) is 61.8 Å². The van der Waals surface area contributed by atoms with Crippen LogP contribution in [0.15, 0.2) is 108 Å². The van der Waals surface area contributed by atoms with E-state index >= 15 is 0 Å². The highest BCUT2D eigenvalue weighted by Gasteiger charge is 2.42. The van der Waals surface area contributed by atoms with Gasteiger partial charge in [-0.15, -0.1) is 0 Å². The number of rotatable bonds is 26. The van der Waals surface area contributed by atoms with E-state index in [0.717, 1.165) is 34.7 Å². The molecule has 2 saturated heterocycles. The molecule has 0 spiro atoms. The van der Waals surface area contributed by atoms with E-state index < -0.39 is 79.3 Å². The fourth-order valence-corrected chi connectivity index (χ4v) is 9.38. The Kier molecular flexibility index (Phi) is 20.7. The molecule has 11 atom stereocenters. The van der Waals surface area contributed by atoms with Gasteiger partial charge in [0, 0.05) is 30.8 Å². The maximum Gasteiger partial charge on any atom is 0.269 e. The predicted molar refractivity (Wildman–Crippen MR) is 274 cm³/mol. The third-order valence-electron chi connectivity index (χ3n) is 13.2. The number of hydrogen-bond donors (Lipinski definition) is 10. The van der Waals surface area contributed by atoms with Crippen molar-refractivity contribution >= 4 is 40.0 Å². The third-order valence-corrected chi connectivity index (χ3v) is 13.4. The van der Waals surface area contributed by atoms with Crippen LogP contribution in [-0.4, -0.2) is 164 Å². The minimum Gasteiger partial charge on any atom is -0.389 e. The Hall–Kier alpha value is -5.56. The summed E-state index contributed by atoms with van der Waals surface area (Å²) in [6.07, 6.45) is -8.18. The molecule has 21 heteroatoms.